The molecule has 0 saturated heterocycles. The molecule has 5 nitrogen and oxygen atoms in total. The van der Waals surface area contributed by atoms with Crippen LogP contribution < -0.4 is 5.32 Å². The van der Waals surface area contributed by atoms with Crippen LogP contribution in [-0.2, 0) is 17.0 Å². The Kier molecular flexibility index (Phi) is 6.90. The molecule has 0 aliphatic heterocycles. The molecule has 4 aromatic rings. The van der Waals surface area contributed by atoms with Gasteiger partial charge in [-0.3, -0.25) is 9.36 Å². The highest BCUT2D eigenvalue weighted by molar-refractivity contribution is 7.98. The van der Waals surface area contributed by atoms with Crippen molar-refractivity contribution in [1.29, 1.82) is 0 Å². The molecule has 32 heavy (non-hydrogen) atoms. The van der Waals surface area contributed by atoms with E-state index in [1.165, 1.54) is 11.1 Å². The van der Waals surface area contributed by atoms with Gasteiger partial charge in [-0.2, -0.15) is 0 Å². The molecule has 2 aromatic heterocycles. The van der Waals surface area contributed by atoms with Crippen LogP contribution in [0, 0.1) is 6.92 Å². The van der Waals surface area contributed by atoms with E-state index in [1.807, 2.05) is 47.9 Å². The average Bonchev–Trinajstić information content (AvgIpc) is 3.18. The van der Waals surface area contributed by atoms with Crippen LogP contribution in [0.2, 0.25) is 0 Å². The Morgan fingerprint density at radius 3 is 2.59 bits per heavy atom. The third-order valence-corrected chi connectivity index (χ3v) is 6.59. The van der Waals surface area contributed by atoms with Crippen molar-refractivity contribution in [3.05, 3.63) is 83.6 Å². The van der Waals surface area contributed by atoms with Crippen LogP contribution in [0.1, 0.15) is 43.0 Å². The summed E-state index contributed by atoms with van der Waals surface area (Å²) in [5.74, 6) is 0.732. The Morgan fingerprint density at radius 2 is 1.84 bits per heavy atom. The highest BCUT2D eigenvalue weighted by Gasteiger charge is 2.25. The van der Waals surface area contributed by atoms with Crippen molar-refractivity contribution in [3.8, 4) is 0 Å². The van der Waals surface area contributed by atoms with E-state index in [2.05, 4.69) is 48.4 Å². The maximum absolute atomic E-state index is 13.4. The van der Waals surface area contributed by atoms with Crippen molar-refractivity contribution in [3.63, 3.8) is 0 Å². The second kappa shape index (κ2) is 10.0. The summed E-state index contributed by atoms with van der Waals surface area (Å²) in [6.45, 7) is 6.21. The number of pyridine rings is 1. The fourth-order valence-electron chi connectivity index (χ4n) is 3.78. The summed E-state index contributed by atoms with van der Waals surface area (Å²) in [6.07, 6.45) is 3.26. The van der Waals surface area contributed by atoms with Gasteiger partial charge < -0.3 is 5.32 Å². The highest BCUT2D eigenvalue weighted by Crippen LogP contribution is 2.31. The molecular formula is C26H28N4OS. The van der Waals surface area contributed by atoms with E-state index in [1.54, 1.807) is 18.0 Å². The van der Waals surface area contributed by atoms with E-state index in [0.29, 0.717) is 6.42 Å². The summed E-state index contributed by atoms with van der Waals surface area (Å²) in [4.78, 5) is 22.8. The van der Waals surface area contributed by atoms with Gasteiger partial charge in [-0.25, -0.2) is 9.97 Å². The maximum Gasteiger partial charge on any atom is 0.247 e. The zero-order valence-corrected chi connectivity index (χ0v) is 19.5. The number of benzene rings is 2. The number of nitrogens with one attached hydrogen (secondary N) is 1. The van der Waals surface area contributed by atoms with Gasteiger partial charge in [0.2, 0.25) is 5.91 Å². The van der Waals surface area contributed by atoms with Crippen molar-refractivity contribution in [2.75, 3.05) is 5.32 Å². The number of fused-ring (bicyclic) bond motifs is 1. The molecule has 0 aliphatic carbocycles. The van der Waals surface area contributed by atoms with E-state index in [0.717, 1.165) is 39.7 Å². The van der Waals surface area contributed by atoms with Gasteiger partial charge >= 0.3 is 0 Å². The summed E-state index contributed by atoms with van der Waals surface area (Å²) < 4.78 is 2.00. The number of carbonyl (C=O) groups excluding carboxylic acids is 1. The number of carbonyl (C=O) groups is 1. The first kappa shape index (κ1) is 22.1. The number of nitrogens with zero attached hydrogens (tertiary/aromatic N) is 3. The summed E-state index contributed by atoms with van der Waals surface area (Å²) in [6, 6.07) is 19.9. The molecule has 1 atom stereocenters. The van der Waals surface area contributed by atoms with Crippen molar-refractivity contribution < 1.29 is 4.79 Å². The van der Waals surface area contributed by atoms with Crippen LogP contribution >= 0.6 is 11.8 Å². The molecule has 0 bridgehead atoms. The minimum absolute atomic E-state index is 0.0458. The van der Waals surface area contributed by atoms with E-state index < -0.39 is 6.04 Å². The number of rotatable bonds is 8. The highest BCUT2D eigenvalue weighted by atomic mass is 32.2. The minimum Gasteiger partial charge on any atom is -0.324 e. The zero-order chi connectivity index (χ0) is 22.5. The number of aryl methyl sites for hydroxylation is 2. The fourth-order valence-corrected chi connectivity index (χ4v) is 4.78. The summed E-state index contributed by atoms with van der Waals surface area (Å²) in [7, 11) is 0. The van der Waals surface area contributed by atoms with Crippen molar-refractivity contribution in [2.24, 2.45) is 0 Å². The van der Waals surface area contributed by atoms with Crippen LogP contribution in [0.4, 0.5) is 5.69 Å². The van der Waals surface area contributed by atoms with Gasteiger partial charge in [-0.1, -0.05) is 73.6 Å². The monoisotopic (exact) mass is 444 g/mol. The fraction of sp³-hybridized carbons (Fsp3) is 0.269. The van der Waals surface area contributed by atoms with Gasteiger partial charge in [0, 0.05) is 17.6 Å². The van der Waals surface area contributed by atoms with Gasteiger partial charge in [0.15, 0.2) is 10.8 Å². The summed E-state index contributed by atoms with van der Waals surface area (Å²) in [5.41, 5.74) is 6.00. The first-order valence-electron chi connectivity index (χ1n) is 11.0. The first-order valence-corrected chi connectivity index (χ1v) is 12.0. The van der Waals surface area contributed by atoms with Crippen molar-refractivity contribution >= 4 is 34.5 Å². The second-order valence-electron chi connectivity index (χ2n) is 7.81. The Hall–Kier alpha value is -3.12. The molecule has 0 saturated carbocycles. The Balaban J connectivity index is 1.66. The van der Waals surface area contributed by atoms with Crippen LogP contribution in [0.3, 0.4) is 0 Å². The predicted molar refractivity (Wildman–Crippen MR) is 132 cm³/mol. The third kappa shape index (κ3) is 4.70. The molecule has 164 valence electrons. The molecule has 1 N–H and O–H groups in total. The Morgan fingerprint density at radius 1 is 1.06 bits per heavy atom. The standard InChI is InChI=1S/C26H28N4OS/c1-4-20-9-6-7-10-21(20)28-25(31)23(5-2)30-24-22(11-8-16-27-24)29-26(30)32-17-19-14-12-18(3)13-15-19/h6-16,23H,4-5,17H2,1-3H3,(H,28,31)/t23-/m1/s1. The largest absolute Gasteiger partial charge is 0.324 e. The lowest BCUT2D eigenvalue weighted by Crippen LogP contribution is -2.26. The molecule has 4 rings (SSSR count). The number of hydrogen-bond acceptors (Lipinski definition) is 4. The molecule has 2 heterocycles. The molecule has 0 spiro atoms. The molecular weight excluding hydrogens is 416 g/mol. The van der Waals surface area contributed by atoms with Crippen molar-refractivity contribution in [2.45, 2.75) is 50.6 Å². The average molecular weight is 445 g/mol. The number of aromatic nitrogens is 3. The number of para-hydroxylation sites is 1. The summed E-state index contributed by atoms with van der Waals surface area (Å²) >= 11 is 1.64. The molecule has 0 aliphatic rings. The number of imidazole rings is 1. The molecule has 2 aromatic carbocycles. The predicted octanol–water partition coefficient (Wildman–Crippen LogP) is 6.18. The quantitative estimate of drug-likeness (QED) is 0.330. The maximum atomic E-state index is 13.4. The second-order valence-corrected chi connectivity index (χ2v) is 8.75. The number of anilines is 1. The number of thioether (sulfide) groups is 1. The Bertz CT molecular complexity index is 1220. The smallest absolute Gasteiger partial charge is 0.247 e. The Labute approximate surface area is 193 Å². The van der Waals surface area contributed by atoms with Gasteiger partial charge in [-0.05, 0) is 49.1 Å². The van der Waals surface area contributed by atoms with Gasteiger partial charge in [0.1, 0.15) is 11.6 Å². The van der Waals surface area contributed by atoms with Crippen LogP contribution in [0.15, 0.2) is 72.0 Å². The van der Waals surface area contributed by atoms with E-state index >= 15 is 0 Å². The lowest BCUT2D eigenvalue weighted by Gasteiger charge is -2.20. The van der Waals surface area contributed by atoms with Crippen molar-refractivity contribution in [1.82, 2.24) is 14.5 Å². The molecule has 1 amide bonds. The van der Waals surface area contributed by atoms with Crippen LogP contribution in [-0.4, -0.2) is 20.4 Å². The third-order valence-electron chi connectivity index (χ3n) is 5.56. The lowest BCUT2D eigenvalue weighted by molar-refractivity contribution is -0.119. The van der Waals surface area contributed by atoms with Gasteiger partial charge in [0.05, 0.1) is 0 Å². The van der Waals surface area contributed by atoms with E-state index in [4.69, 9.17) is 4.98 Å². The van der Waals surface area contributed by atoms with Crippen LogP contribution in [0.5, 0.6) is 0 Å². The SMILES string of the molecule is CCc1ccccc1NC(=O)[C@@H](CC)n1c(SCc2ccc(C)cc2)nc2cccnc21. The molecule has 0 radical (unpaired) electrons. The van der Waals surface area contributed by atoms with Gasteiger partial charge in [-0.15, -0.1) is 0 Å². The molecule has 0 unspecified atom stereocenters. The summed E-state index contributed by atoms with van der Waals surface area (Å²) in [5, 5.41) is 3.96. The zero-order valence-electron chi connectivity index (χ0n) is 18.7. The molecule has 0 fully saturated rings. The minimum atomic E-state index is -0.402. The molecule has 6 heteroatoms. The number of amides is 1. The topological polar surface area (TPSA) is 59.8 Å². The first-order chi connectivity index (χ1) is 15.6. The lowest BCUT2D eigenvalue weighted by atomic mass is 10.1. The van der Waals surface area contributed by atoms with Gasteiger partial charge in [0.25, 0.3) is 0 Å². The van der Waals surface area contributed by atoms with E-state index in [-0.39, 0.29) is 5.91 Å². The number of hydrogen-bond donors (Lipinski definition) is 1. The van der Waals surface area contributed by atoms with E-state index in [9.17, 15) is 4.79 Å². The normalized spacial score (nSPS) is 12.1. The van der Waals surface area contributed by atoms with Crippen LogP contribution in [0.25, 0.3) is 11.2 Å².